The van der Waals surface area contributed by atoms with Crippen molar-refractivity contribution in [3.8, 4) is 0 Å². The number of nitro groups is 1. The fourth-order valence-electron chi connectivity index (χ4n) is 2.22. The standard InChI is InChI=1S/C10H9N3O2/c14-13(15)9-5-4-7-2-1-3-8-10(7)12(9)6-11-8/h1-3,6,9H,4-5H2. The molecule has 0 spiro atoms. The second kappa shape index (κ2) is 2.79. The molecule has 0 bridgehead atoms. The van der Waals surface area contributed by atoms with Crippen LogP contribution in [0, 0.1) is 10.1 Å². The predicted octanol–water partition coefficient (Wildman–Crippen LogP) is 1.76. The number of aryl methyl sites for hydroxylation is 1. The van der Waals surface area contributed by atoms with E-state index in [1.165, 1.54) is 0 Å². The van der Waals surface area contributed by atoms with Crippen LogP contribution in [-0.2, 0) is 6.42 Å². The fourth-order valence-corrected chi connectivity index (χ4v) is 2.22. The molecule has 2 aromatic rings. The molecule has 2 heterocycles. The third kappa shape index (κ3) is 1.06. The zero-order valence-corrected chi connectivity index (χ0v) is 7.96. The number of hydrogen-bond donors (Lipinski definition) is 0. The van der Waals surface area contributed by atoms with Gasteiger partial charge >= 0.3 is 0 Å². The maximum atomic E-state index is 10.9. The largest absolute Gasteiger partial charge is 0.292 e. The number of aromatic nitrogens is 2. The first-order chi connectivity index (χ1) is 7.27. The average molecular weight is 203 g/mol. The summed E-state index contributed by atoms with van der Waals surface area (Å²) < 4.78 is 1.67. The van der Waals surface area contributed by atoms with Crippen molar-refractivity contribution in [3.05, 3.63) is 40.2 Å². The molecule has 0 saturated carbocycles. The summed E-state index contributed by atoms with van der Waals surface area (Å²) in [4.78, 5) is 14.8. The van der Waals surface area contributed by atoms with E-state index < -0.39 is 6.17 Å². The molecule has 3 rings (SSSR count). The first-order valence-corrected chi connectivity index (χ1v) is 4.85. The van der Waals surface area contributed by atoms with Crippen LogP contribution in [0.4, 0.5) is 0 Å². The van der Waals surface area contributed by atoms with E-state index in [2.05, 4.69) is 4.98 Å². The van der Waals surface area contributed by atoms with Crippen LogP contribution in [-0.4, -0.2) is 14.5 Å². The Kier molecular flexibility index (Phi) is 1.56. The molecular formula is C10H9N3O2. The van der Waals surface area contributed by atoms with Crippen molar-refractivity contribution in [2.75, 3.05) is 0 Å². The first kappa shape index (κ1) is 8.40. The highest BCUT2D eigenvalue weighted by atomic mass is 16.6. The molecule has 0 aliphatic carbocycles. The smallest absolute Gasteiger partial charge is 0.267 e. The van der Waals surface area contributed by atoms with E-state index >= 15 is 0 Å². The lowest BCUT2D eigenvalue weighted by Crippen LogP contribution is -2.22. The van der Waals surface area contributed by atoms with Gasteiger partial charge in [0.2, 0.25) is 0 Å². The molecule has 0 N–H and O–H groups in total. The number of imidazole rings is 1. The van der Waals surface area contributed by atoms with Crippen molar-refractivity contribution in [1.82, 2.24) is 9.55 Å². The SMILES string of the molecule is O=[N+]([O-])C1CCc2cccc3ncn1c23. The van der Waals surface area contributed by atoms with Gasteiger partial charge in [0.25, 0.3) is 6.17 Å². The van der Waals surface area contributed by atoms with Gasteiger partial charge in [-0.05, 0) is 18.1 Å². The average Bonchev–Trinajstić information content (AvgIpc) is 2.65. The third-order valence-electron chi connectivity index (χ3n) is 2.91. The molecule has 1 aliphatic rings. The van der Waals surface area contributed by atoms with Gasteiger partial charge in [0.05, 0.1) is 11.0 Å². The Morgan fingerprint density at radius 3 is 3.20 bits per heavy atom. The van der Waals surface area contributed by atoms with Crippen molar-refractivity contribution >= 4 is 11.0 Å². The predicted molar refractivity (Wildman–Crippen MR) is 54.1 cm³/mol. The van der Waals surface area contributed by atoms with Crippen LogP contribution in [0.25, 0.3) is 11.0 Å². The van der Waals surface area contributed by atoms with Crippen molar-refractivity contribution < 1.29 is 4.92 Å². The van der Waals surface area contributed by atoms with Crippen LogP contribution in [0.1, 0.15) is 18.2 Å². The number of rotatable bonds is 1. The van der Waals surface area contributed by atoms with Crippen LogP contribution < -0.4 is 0 Å². The van der Waals surface area contributed by atoms with Crippen LogP contribution >= 0.6 is 0 Å². The van der Waals surface area contributed by atoms with Crippen LogP contribution in [0.3, 0.4) is 0 Å². The van der Waals surface area contributed by atoms with Gasteiger partial charge in [-0.25, -0.2) is 4.98 Å². The van der Waals surface area contributed by atoms with E-state index in [0.29, 0.717) is 6.42 Å². The lowest BCUT2D eigenvalue weighted by Gasteiger charge is -2.18. The topological polar surface area (TPSA) is 61.0 Å². The Labute approximate surface area is 85.5 Å². The second-order valence-corrected chi connectivity index (χ2v) is 3.74. The summed E-state index contributed by atoms with van der Waals surface area (Å²) in [6.45, 7) is 0. The van der Waals surface area contributed by atoms with Gasteiger partial charge in [0.15, 0.2) is 0 Å². The molecule has 15 heavy (non-hydrogen) atoms. The molecule has 0 fully saturated rings. The zero-order chi connectivity index (χ0) is 10.4. The van der Waals surface area contributed by atoms with Crippen LogP contribution in [0.15, 0.2) is 24.5 Å². The lowest BCUT2D eigenvalue weighted by molar-refractivity contribution is -0.549. The van der Waals surface area contributed by atoms with E-state index in [9.17, 15) is 10.1 Å². The molecule has 76 valence electrons. The summed E-state index contributed by atoms with van der Waals surface area (Å²) in [7, 11) is 0. The van der Waals surface area contributed by atoms with E-state index in [0.717, 1.165) is 23.0 Å². The Morgan fingerprint density at radius 1 is 1.53 bits per heavy atom. The summed E-state index contributed by atoms with van der Waals surface area (Å²) in [5, 5.41) is 10.9. The van der Waals surface area contributed by atoms with Crippen LogP contribution in [0.2, 0.25) is 0 Å². The first-order valence-electron chi connectivity index (χ1n) is 4.85. The van der Waals surface area contributed by atoms with Crippen molar-refractivity contribution in [2.45, 2.75) is 19.0 Å². The molecule has 1 unspecified atom stereocenters. The van der Waals surface area contributed by atoms with E-state index in [-0.39, 0.29) is 4.92 Å². The molecule has 0 radical (unpaired) electrons. The van der Waals surface area contributed by atoms with Gasteiger partial charge < -0.3 is 0 Å². The molecule has 1 atom stereocenters. The summed E-state index contributed by atoms with van der Waals surface area (Å²) in [5.74, 6) is 0. The minimum atomic E-state index is -0.648. The molecular weight excluding hydrogens is 194 g/mol. The summed E-state index contributed by atoms with van der Waals surface area (Å²) in [6.07, 6.45) is 2.23. The van der Waals surface area contributed by atoms with Gasteiger partial charge in [0.1, 0.15) is 6.33 Å². The second-order valence-electron chi connectivity index (χ2n) is 3.74. The van der Waals surface area contributed by atoms with Crippen molar-refractivity contribution in [2.24, 2.45) is 0 Å². The zero-order valence-electron chi connectivity index (χ0n) is 7.96. The third-order valence-corrected chi connectivity index (χ3v) is 2.91. The van der Waals surface area contributed by atoms with Gasteiger partial charge in [-0.1, -0.05) is 12.1 Å². The van der Waals surface area contributed by atoms with E-state index in [1.54, 1.807) is 10.9 Å². The normalized spacial score (nSPS) is 19.3. The molecule has 1 aromatic heterocycles. The maximum absolute atomic E-state index is 10.9. The quantitative estimate of drug-likeness (QED) is 0.524. The Hall–Kier alpha value is -1.91. The van der Waals surface area contributed by atoms with E-state index in [4.69, 9.17) is 0 Å². The summed E-state index contributed by atoms with van der Waals surface area (Å²) in [5.41, 5.74) is 2.92. The summed E-state index contributed by atoms with van der Waals surface area (Å²) in [6, 6.07) is 5.84. The number of benzene rings is 1. The highest BCUT2D eigenvalue weighted by molar-refractivity contribution is 5.79. The molecule has 1 aromatic carbocycles. The Morgan fingerprint density at radius 2 is 2.40 bits per heavy atom. The van der Waals surface area contributed by atoms with Crippen molar-refractivity contribution in [3.63, 3.8) is 0 Å². The Bertz CT molecular complexity index is 547. The van der Waals surface area contributed by atoms with Gasteiger partial charge in [-0.3, -0.25) is 14.7 Å². The van der Waals surface area contributed by atoms with Gasteiger partial charge in [0, 0.05) is 11.3 Å². The van der Waals surface area contributed by atoms with Gasteiger partial charge in [-0.15, -0.1) is 0 Å². The highest BCUT2D eigenvalue weighted by Crippen LogP contribution is 2.30. The minimum absolute atomic E-state index is 0.239. The summed E-state index contributed by atoms with van der Waals surface area (Å²) >= 11 is 0. The fraction of sp³-hybridized carbons (Fsp3) is 0.300. The number of hydrogen-bond acceptors (Lipinski definition) is 3. The van der Waals surface area contributed by atoms with E-state index in [1.807, 2.05) is 18.2 Å². The molecule has 5 nitrogen and oxygen atoms in total. The minimum Gasteiger partial charge on any atom is -0.267 e. The van der Waals surface area contributed by atoms with Crippen molar-refractivity contribution in [1.29, 1.82) is 0 Å². The highest BCUT2D eigenvalue weighted by Gasteiger charge is 2.29. The maximum Gasteiger partial charge on any atom is 0.292 e. The Balaban J connectivity index is 2.31. The van der Waals surface area contributed by atoms with Crippen LogP contribution in [0.5, 0.6) is 0 Å². The molecule has 5 heteroatoms. The number of para-hydroxylation sites is 1. The lowest BCUT2D eigenvalue weighted by atomic mass is 10.0. The number of nitrogens with zero attached hydrogens (tertiary/aromatic N) is 3. The molecule has 0 saturated heterocycles. The molecule has 1 aliphatic heterocycles. The molecule has 0 amide bonds. The monoisotopic (exact) mass is 203 g/mol. The van der Waals surface area contributed by atoms with Gasteiger partial charge in [-0.2, -0.15) is 0 Å².